The molecule has 1 saturated carbocycles. The number of amidine groups is 1. The maximum atomic E-state index is 14.9. The van der Waals surface area contributed by atoms with E-state index in [1.54, 1.807) is 20.8 Å². The first-order chi connectivity index (χ1) is 16.0. The molecule has 0 unspecified atom stereocenters. The second kappa shape index (κ2) is 8.51. The van der Waals surface area contributed by atoms with E-state index in [0.717, 1.165) is 17.8 Å². The summed E-state index contributed by atoms with van der Waals surface area (Å²) in [5, 5.41) is 2.63. The summed E-state index contributed by atoms with van der Waals surface area (Å²) in [5.74, 6) is -0.817. The second-order valence-corrected chi connectivity index (χ2v) is 9.93. The van der Waals surface area contributed by atoms with E-state index in [0.29, 0.717) is 6.42 Å². The van der Waals surface area contributed by atoms with Crippen LogP contribution in [0, 0.1) is 36.8 Å². The van der Waals surface area contributed by atoms with Crippen LogP contribution >= 0.6 is 11.8 Å². The van der Waals surface area contributed by atoms with Gasteiger partial charge in [0.1, 0.15) is 12.4 Å². The summed E-state index contributed by atoms with van der Waals surface area (Å²) in [6, 6.07) is 2.15. The number of anilines is 1. The van der Waals surface area contributed by atoms with Crippen LogP contribution in [0.15, 0.2) is 23.3 Å². The van der Waals surface area contributed by atoms with Crippen molar-refractivity contribution in [2.24, 2.45) is 16.6 Å². The van der Waals surface area contributed by atoms with E-state index in [-0.39, 0.29) is 39.6 Å². The molecule has 1 fully saturated rings. The summed E-state index contributed by atoms with van der Waals surface area (Å²) in [5.41, 5.74) is 4.71. The molecule has 1 aliphatic carbocycles. The van der Waals surface area contributed by atoms with Crippen LogP contribution in [0.3, 0.4) is 0 Å². The van der Waals surface area contributed by atoms with Gasteiger partial charge in [0.2, 0.25) is 5.88 Å². The summed E-state index contributed by atoms with van der Waals surface area (Å²) in [6.07, 6.45) is 6.41. The number of nitrogens with zero attached hydrogens (tertiary/aromatic N) is 3. The van der Waals surface area contributed by atoms with E-state index < -0.39 is 40.6 Å². The molecule has 0 saturated heterocycles. The number of amides is 1. The molecular formula is C23H22F3N5O2S. The van der Waals surface area contributed by atoms with Gasteiger partial charge in [-0.2, -0.15) is 0 Å². The van der Waals surface area contributed by atoms with Gasteiger partial charge in [0.15, 0.2) is 22.9 Å². The molecule has 2 aromatic rings. The van der Waals surface area contributed by atoms with Crippen LogP contribution in [0.4, 0.5) is 18.9 Å². The summed E-state index contributed by atoms with van der Waals surface area (Å²) in [7, 11) is 0. The first-order valence-corrected chi connectivity index (χ1v) is 11.2. The minimum atomic E-state index is -1.28. The molecular weight excluding hydrogens is 467 g/mol. The molecule has 11 heteroatoms. The number of alkyl halides is 1. The van der Waals surface area contributed by atoms with Crippen LogP contribution in [0.5, 0.6) is 5.88 Å². The SMILES string of the molecule is C#C[C@H](C)Oc1cnc(C(=O)Nc2cc(F)c(F)c([C@]3(C)N=C(N)S[C@@]4(CF)C[C@H]43)c2)c(C)n1. The van der Waals surface area contributed by atoms with Gasteiger partial charge in [-0.3, -0.25) is 9.79 Å². The highest BCUT2D eigenvalue weighted by Gasteiger charge is 2.66. The fraction of sp³-hybridized carbons (Fsp3) is 0.391. The van der Waals surface area contributed by atoms with E-state index >= 15 is 0 Å². The van der Waals surface area contributed by atoms with Gasteiger partial charge >= 0.3 is 0 Å². The predicted molar refractivity (Wildman–Crippen MR) is 123 cm³/mol. The summed E-state index contributed by atoms with van der Waals surface area (Å²) in [6.45, 7) is 4.14. The number of benzene rings is 1. The van der Waals surface area contributed by atoms with Crippen molar-refractivity contribution < 1.29 is 22.7 Å². The fourth-order valence-electron chi connectivity index (χ4n) is 4.25. The van der Waals surface area contributed by atoms with Gasteiger partial charge < -0.3 is 15.8 Å². The second-order valence-electron chi connectivity index (χ2n) is 8.50. The number of hydrogen-bond acceptors (Lipinski definition) is 7. The molecule has 2 heterocycles. The highest BCUT2D eigenvalue weighted by atomic mass is 32.2. The van der Waals surface area contributed by atoms with Crippen LogP contribution in [-0.4, -0.2) is 38.6 Å². The van der Waals surface area contributed by atoms with Gasteiger partial charge in [0.25, 0.3) is 5.91 Å². The van der Waals surface area contributed by atoms with Crippen molar-refractivity contribution in [2.45, 2.75) is 43.6 Å². The van der Waals surface area contributed by atoms with Crippen molar-refractivity contribution in [1.82, 2.24) is 9.97 Å². The number of nitrogens with one attached hydrogen (secondary N) is 1. The number of hydrogen-bond donors (Lipinski definition) is 2. The molecule has 0 bridgehead atoms. The maximum absolute atomic E-state index is 14.9. The van der Waals surface area contributed by atoms with Crippen LogP contribution in [0.1, 0.15) is 42.0 Å². The van der Waals surface area contributed by atoms with Crippen molar-refractivity contribution in [3.05, 3.63) is 46.9 Å². The Kier molecular flexibility index (Phi) is 5.97. The average Bonchev–Trinajstić information content (AvgIpc) is 3.51. The molecule has 0 radical (unpaired) electrons. The van der Waals surface area contributed by atoms with Crippen LogP contribution in [0.25, 0.3) is 0 Å². The standard InChI is InChI=1S/C23H22F3N5O2S/c1-5-11(2)33-17-9-28-19(12(3)29-17)20(32)30-13-6-14(18(26)15(25)7-13)22(4)16-8-23(16,10-24)34-21(27)31-22/h1,6-7,9,11,16H,8,10H2,2-4H3,(H2,27,31)(H,30,32)/t11-,16-,22-,23+/m0/s1. The molecule has 178 valence electrons. The van der Waals surface area contributed by atoms with Crippen LogP contribution in [-0.2, 0) is 5.54 Å². The minimum Gasteiger partial charge on any atom is -0.460 e. The van der Waals surface area contributed by atoms with E-state index in [1.165, 1.54) is 12.3 Å². The van der Waals surface area contributed by atoms with E-state index in [1.807, 2.05) is 0 Å². The Balaban J connectivity index is 1.63. The number of carbonyl (C=O) groups excluding carboxylic acids is 1. The monoisotopic (exact) mass is 489 g/mol. The molecule has 1 aromatic carbocycles. The zero-order chi connectivity index (χ0) is 24.8. The molecule has 0 spiro atoms. The van der Waals surface area contributed by atoms with E-state index in [4.69, 9.17) is 16.9 Å². The number of ether oxygens (including phenoxy) is 1. The number of carbonyl (C=O) groups is 1. The van der Waals surface area contributed by atoms with Crippen molar-refractivity contribution in [3.8, 4) is 18.2 Å². The van der Waals surface area contributed by atoms with E-state index in [2.05, 4.69) is 26.2 Å². The number of aliphatic imine (C=N–C) groups is 1. The van der Waals surface area contributed by atoms with E-state index in [9.17, 15) is 18.0 Å². The highest BCUT2D eigenvalue weighted by molar-refractivity contribution is 8.15. The Morgan fingerprint density at radius 1 is 1.47 bits per heavy atom. The normalized spacial score (nSPS) is 26.0. The summed E-state index contributed by atoms with van der Waals surface area (Å²) in [4.78, 5) is 25.4. The molecule has 1 aromatic heterocycles. The number of fused-ring (bicyclic) bond motifs is 1. The number of aryl methyl sites for hydroxylation is 1. The summed E-state index contributed by atoms with van der Waals surface area (Å²) < 4.78 is 47.8. The smallest absolute Gasteiger partial charge is 0.276 e. The number of thioether (sulfide) groups is 1. The Morgan fingerprint density at radius 3 is 2.85 bits per heavy atom. The Morgan fingerprint density at radius 2 is 2.21 bits per heavy atom. The van der Waals surface area contributed by atoms with Gasteiger partial charge in [0.05, 0.1) is 22.2 Å². The Labute approximate surface area is 198 Å². The van der Waals surface area contributed by atoms with Crippen molar-refractivity contribution >= 4 is 28.5 Å². The third-order valence-electron chi connectivity index (χ3n) is 6.08. The van der Waals surface area contributed by atoms with Gasteiger partial charge in [-0.15, -0.1) is 6.42 Å². The van der Waals surface area contributed by atoms with Crippen LogP contribution in [0.2, 0.25) is 0 Å². The molecule has 7 nitrogen and oxygen atoms in total. The van der Waals surface area contributed by atoms with Gasteiger partial charge in [-0.25, -0.2) is 23.1 Å². The summed E-state index contributed by atoms with van der Waals surface area (Å²) >= 11 is 1.12. The highest BCUT2D eigenvalue weighted by Crippen LogP contribution is 2.66. The number of terminal acetylenes is 1. The molecule has 4 atom stereocenters. The molecule has 1 amide bonds. The lowest BCUT2D eigenvalue weighted by Crippen LogP contribution is -2.37. The lowest BCUT2D eigenvalue weighted by Gasteiger charge is -2.33. The number of aromatic nitrogens is 2. The Bertz CT molecular complexity index is 1250. The third-order valence-corrected chi connectivity index (χ3v) is 7.35. The lowest BCUT2D eigenvalue weighted by molar-refractivity contribution is 0.102. The average molecular weight is 490 g/mol. The zero-order valence-corrected chi connectivity index (χ0v) is 19.5. The largest absolute Gasteiger partial charge is 0.460 e. The molecule has 1 aliphatic heterocycles. The zero-order valence-electron chi connectivity index (χ0n) is 18.7. The van der Waals surface area contributed by atoms with Crippen LogP contribution < -0.4 is 15.8 Å². The molecule has 34 heavy (non-hydrogen) atoms. The Hall–Kier alpha value is -3.26. The van der Waals surface area contributed by atoms with Crippen molar-refractivity contribution in [1.29, 1.82) is 0 Å². The number of rotatable bonds is 6. The van der Waals surface area contributed by atoms with Gasteiger partial charge in [0, 0.05) is 23.2 Å². The van der Waals surface area contributed by atoms with Gasteiger partial charge in [-0.05, 0) is 33.3 Å². The molecule has 2 aliphatic rings. The number of halogens is 3. The third kappa shape index (κ3) is 4.07. The fourth-order valence-corrected chi connectivity index (χ4v) is 5.57. The topological polar surface area (TPSA) is 102 Å². The first kappa shape index (κ1) is 23.9. The number of nitrogens with two attached hydrogens (primary N) is 1. The molecule has 3 N–H and O–H groups in total. The van der Waals surface area contributed by atoms with Gasteiger partial charge in [-0.1, -0.05) is 17.7 Å². The minimum absolute atomic E-state index is 0.0129. The quantitative estimate of drug-likeness (QED) is 0.600. The van der Waals surface area contributed by atoms with Crippen molar-refractivity contribution in [2.75, 3.05) is 12.0 Å². The maximum Gasteiger partial charge on any atom is 0.276 e. The lowest BCUT2D eigenvalue weighted by atomic mass is 9.85. The van der Waals surface area contributed by atoms with Crippen molar-refractivity contribution in [3.63, 3.8) is 0 Å². The predicted octanol–water partition coefficient (Wildman–Crippen LogP) is 3.72. The first-order valence-electron chi connectivity index (χ1n) is 10.4. The molecule has 4 rings (SSSR count).